The molecular weight excluding hydrogens is 198 g/mol. The lowest BCUT2D eigenvalue weighted by Crippen LogP contribution is -2.54. The Balaban J connectivity index is 2.65. The quantitative estimate of drug-likeness (QED) is 0.684. The molecule has 1 aliphatic rings. The molecule has 1 fully saturated rings. The van der Waals surface area contributed by atoms with Crippen molar-refractivity contribution in [1.29, 1.82) is 5.26 Å². The zero-order valence-electron chi connectivity index (χ0n) is 10.9. The molecule has 1 saturated carbocycles. The molecule has 0 aromatic carbocycles. The van der Waals surface area contributed by atoms with Gasteiger partial charge in [-0.25, -0.2) is 0 Å². The molecule has 0 heterocycles. The number of rotatable bonds is 8. The Kier molecular flexibility index (Phi) is 5.24. The summed E-state index contributed by atoms with van der Waals surface area (Å²) in [7, 11) is 0. The molecule has 1 aliphatic carbocycles. The second kappa shape index (κ2) is 6.22. The molecule has 0 aromatic rings. The second-order valence-electron chi connectivity index (χ2n) is 4.75. The van der Waals surface area contributed by atoms with Crippen molar-refractivity contribution in [2.75, 3.05) is 26.2 Å². The standard InChI is InChI=1S/C13H25N3/c1-4-9-15-13(10-14,12-7-8-12)11-16(5-2)6-3/h12,15H,4-9,11H2,1-3H3. The summed E-state index contributed by atoms with van der Waals surface area (Å²) < 4.78 is 0. The number of nitriles is 1. The molecule has 1 rings (SSSR count). The van der Waals surface area contributed by atoms with Crippen molar-refractivity contribution >= 4 is 0 Å². The van der Waals surface area contributed by atoms with Gasteiger partial charge in [-0.1, -0.05) is 20.8 Å². The van der Waals surface area contributed by atoms with Crippen molar-refractivity contribution in [1.82, 2.24) is 10.2 Å². The van der Waals surface area contributed by atoms with E-state index in [-0.39, 0.29) is 5.54 Å². The molecule has 3 heteroatoms. The van der Waals surface area contributed by atoms with Crippen molar-refractivity contribution in [2.24, 2.45) is 5.92 Å². The van der Waals surface area contributed by atoms with E-state index in [1.807, 2.05) is 0 Å². The van der Waals surface area contributed by atoms with Gasteiger partial charge in [0, 0.05) is 6.54 Å². The van der Waals surface area contributed by atoms with Crippen LogP contribution in [0.4, 0.5) is 0 Å². The Bertz CT molecular complexity index is 238. The molecule has 0 aromatic heterocycles. The first-order chi connectivity index (χ1) is 7.72. The molecule has 0 aliphatic heterocycles. The zero-order chi connectivity index (χ0) is 12.0. The predicted molar refractivity (Wildman–Crippen MR) is 67.1 cm³/mol. The van der Waals surface area contributed by atoms with Gasteiger partial charge in [-0.3, -0.25) is 5.32 Å². The van der Waals surface area contributed by atoms with Gasteiger partial charge in [0.05, 0.1) is 6.07 Å². The molecule has 0 radical (unpaired) electrons. The van der Waals surface area contributed by atoms with E-state index in [1.54, 1.807) is 0 Å². The van der Waals surface area contributed by atoms with Gasteiger partial charge in [0.2, 0.25) is 0 Å². The minimum atomic E-state index is -0.290. The summed E-state index contributed by atoms with van der Waals surface area (Å²) in [6.07, 6.45) is 3.52. The smallest absolute Gasteiger partial charge is 0.122 e. The van der Waals surface area contributed by atoms with Crippen LogP contribution in [0.3, 0.4) is 0 Å². The lowest BCUT2D eigenvalue weighted by atomic mass is 9.93. The van der Waals surface area contributed by atoms with Crippen LogP contribution in [0, 0.1) is 17.2 Å². The van der Waals surface area contributed by atoms with E-state index in [9.17, 15) is 5.26 Å². The van der Waals surface area contributed by atoms with Crippen molar-refractivity contribution in [2.45, 2.75) is 45.6 Å². The first-order valence-electron chi connectivity index (χ1n) is 6.61. The fourth-order valence-corrected chi connectivity index (χ4v) is 2.22. The largest absolute Gasteiger partial charge is 0.301 e. The van der Waals surface area contributed by atoms with Crippen LogP contribution in [-0.4, -0.2) is 36.6 Å². The number of hydrogen-bond acceptors (Lipinski definition) is 3. The Labute approximate surface area is 99.8 Å². The van der Waals surface area contributed by atoms with Crippen molar-refractivity contribution in [3.63, 3.8) is 0 Å². The summed E-state index contributed by atoms with van der Waals surface area (Å²) in [5.41, 5.74) is -0.290. The van der Waals surface area contributed by atoms with Crippen LogP contribution in [0.1, 0.15) is 40.0 Å². The normalized spacial score (nSPS) is 19.4. The topological polar surface area (TPSA) is 39.1 Å². The summed E-state index contributed by atoms with van der Waals surface area (Å²) in [5, 5.41) is 13.0. The van der Waals surface area contributed by atoms with Crippen LogP contribution in [0.2, 0.25) is 0 Å². The zero-order valence-corrected chi connectivity index (χ0v) is 10.9. The Hall–Kier alpha value is -0.590. The lowest BCUT2D eigenvalue weighted by molar-refractivity contribution is 0.211. The van der Waals surface area contributed by atoms with E-state index in [2.05, 4.69) is 37.1 Å². The van der Waals surface area contributed by atoms with Crippen LogP contribution in [0.5, 0.6) is 0 Å². The van der Waals surface area contributed by atoms with Gasteiger partial charge >= 0.3 is 0 Å². The molecule has 0 spiro atoms. The average Bonchev–Trinajstić information content (AvgIpc) is 3.15. The maximum absolute atomic E-state index is 9.51. The fraction of sp³-hybridized carbons (Fsp3) is 0.923. The van der Waals surface area contributed by atoms with Gasteiger partial charge in [0.25, 0.3) is 0 Å². The van der Waals surface area contributed by atoms with Gasteiger partial charge in [-0.2, -0.15) is 5.26 Å². The van der Waals surface area contributed by atoms with Crippen LogP contribution in [-0.2, 0) is 0 Å². The molecule has 0 amide bonds. The minimum absolute atomic E-state index is 0.290. The number of hydrogen-bond donors (Lipinski definition) is 1. The van der Waals surface area contributed by atoms with Gasteiger partial charge in [0.15, 0.2) is 0 Å². The maximum Gasteiger partial charge on any atom is 0.122 e. The molecule has 1 N–H and O–H groups in total. The third-order valence-corrected chi connectivity index (χ3v) is 3.53. The Morgan fingerprint density at radius 2 is 1.94 bits per heavy atom. The maximum atomic E-state index is 9.51. The highest BCUT2D eigenvalue weighted by molar-refractivity contribution is 5.16. The van der Waals surface area contributed by atoms with E-state index in [4.69, 9.17) is 0 Å². The summed E-state index contributed by atoms with van der Waals surface area (Å²) in [5.74, 6) is 0.574. The molecule has 1 atom stereocenters. The Morgan fingerprint density at radius 3 is 2.31 bits per heavy atom. The fourth-order valence-electron chi connectivity index (χ4n) is 2.22. The molecular formula is C13H25N3. The van der Waals surface area contributed by atoms with Gasteiger partial charge in [-0.05, 0) is 44.8 Å². The molecule has 3 nitrogen and oxygen atoms in total. The van der Waals surface area contributed by atoms with Crippen LogP contribution in [0.25, 0.3) is 0 Å². The summed E-state index contributed by atoms with van der Waals surface area (Å²) in [6, 6.07) is 2.56. The number of nitrogens with zero attached hydrogens (tertiary/aromatic N) is 2. The van der Waals surface area contributed by atoms with E-state index in [0.29, 0.717) is 5.92 Å². The molecule has 0 bridgehead atoms. The number of nitrogens with one attached hydrogen (secondary N) is 1. The molecule has 92 valence electrons. The van der Waals surface area contributed by atoms with Crippen LogP contribution < -0.4 is 5.32 Å². The van der Waals surface area contributed by atoms with Gasteiger partial charge in [0.1, 0.15) is 5.54 Å². The van der Waals surface area contributed by atoms with Crippen molar-refractivity contribution in [3.05, 3.63) is 0 Å². The number of likely N-dealkylation sites (N-methyl/N-ethyl adjacent to an activating group) is 1. The molecule has 16 heavy (non-hydrogen) atoms. The molecule has 1 unspecified atom stereocenters. The highest BCUT2D eigenvalue weighted by Crippen LogP contribution is 2.39. The third-order valence-electron chi connectivity index (χ3n) is 3.53. The third kappa shape index (κ3) is 3.20. The minimum Gasteiger partial charge on any atom is -0.301 e. The predicted octanol–water partition coefficient (Wildman–Crippen LogP) is 2.00. The molecule has 0 saturated heterocycles. The van der Waals surface area contributed by atoms with Crippen LogP contribution >= 0.6 is 0 Å². The van der Waals surface area contributed by atoms with Gasteiger partial charge < -0.3 is 4.90 Å². The van der Waals surface area contributed by atoms with Crippen molar-refractivity contribution in [3.8, 4) is 6.07 Å². The Morgan fingerprint density at radius 1 is 1.31 bits per heavy atom. The average molecular weight is 223 g/mol. The first kappa shape index (κ1) is 13.5. The highest BCUT2D eigenvalue weighted by Gasteiger charge is 2.45. The highest BCUT2D eigenvalue weighted by atomic mass is 15.2. The second-order valence-corrected chi connectivity index (χ2v) is 4.75. The van der Waals surface area contributed by atoms with Crippen molar-refractivity contribution < 1.29 is 0 Å². The summed E-state index contributed by atoms with van der Waals surface area (Å²) in [6.45, 7) is 10.4. The summed E-state index contributed by atoms with van der Waals surface area (Å²) >= 11 is 0. The SMILES string of the molecule is CCCNC(C#N)(CN(CC)CC)C1CC1. The monoisotopic (exact) mass is 223 g/mol. The van der Waals surface area contributed by atoms with Gasteiger partial charge in [-0.15, -0.1) is 0 Å². The summed E-state index contributed by atoms with van der Waals surface area (Å²) in [4.78, 5) is 2.35. The first-order valence-corrected chi connectivity index (χ1v) is 6.61. The van der Waals surface area contributed by atoms with Crippen LogP contribution in [0.15, 0.2) is 0 Å². The lowest BCUT2D eigenvalue weighted by Gasteiger charge is -2.33. The van der Waals surface area contributed by atoms with E-state index in [0.717, 1.165) is 32.6 Å². The van der Waals surface area contributed by atoms with E-state index in [1.165, 1.54) is 12.8 Å². The van der Waals surface area contributed by atoms with E-state index >= 15 is 0 Å². The van der Waals surface area contributed by atoms with E-state index < -0.39 is 0 Å².